The number of hydrogen-bond acceptors (Lipinski definition) is 6. The van der Waals surface area contributed by atoms with E-state index in [9.17, 15) is 0 Å². The fraction of sp³-hybridized carbons (Fsp3) is 0.429. The minimum Gasteiger partial charge on any atom is -0.470 e. The van der Waals surface area contributed by atoms with Gasteiger partial charge in [-0.2, -0.15) is 4.98 Å². The lowest BCUT2D eigenvalue weighted by molar-refractivity contribution is 0.125. The molecular formula is C14H20N4OS. The van der Waals surface area contributed by atoms with Gasteiger partial charge in [0.2, 0.25) is 5.88 Å². The van der Waals surface area contributed by atoms with E-state index in [0.717, 1.165) is 11.5 Å². The van der Waals surface area contributed by atoms with Crippen molar-refractivity contribution in [1.29, 1.82) is 0 Å². The Kier molecular flexibility index (Phi) is 4.13. The summed E-state index contributed by atoms with van der Waals surface area (Å²) in [4.78, 5) is 10.8. The van der Waals surface area contributed by atoms with Gasteiger partial charge in [-0.25, -0.2) is 4.98 Å². The van der Waals surface area contributed by atoms with Crippen molar-refractivity contribution in [3.8, 4) is 5.88 Å². The van der Waals surface area contributed by atoms with Gasteiger partial charge in [-0.05, 0) is 32.9 Å². The second kappa shape index (κ2) is 5.66. The molecule has 2 aromatic heterocycles. The molecule has 0 aromatic carbocycles. The standard InChI is InChI=1S/C14H20N4OS/c1-14(2,3)19-13-11(15)5-6-12(17-13)18(4)7-10-8-20-9-16-10/h5-6,8-9H,7,15H2,1-4H3. The summed E-state index contributed by atoms with van der Waals surface area (Å²) in [5, 5.41) is 2.03. The van der Waals surface area contributed by atoms with Gasteiger partial charge in [0.15, 0.2) is 0 Å². The SMILES string of the molecule is CN(Cc1cscn1)c1ccc(N)c(OC(C)(C)C)n1. The van der Waals surface area contributed by atoms with E-state index < -0.39 is 0 Å². The average Bonchev–Trinajstić information content (AvgIpc) is 2.83. The molecule has 5 nitrogen and oxygen atoms in total. The summed E-state index contributed by atoms with van der Waals surface area (Å²) < 4.78 is 5.78. The van der Waals surface area contributed by atoms with Crippen LogP contribution in [0.2, 0.25) is 0 Å². The first-order valence-corrected chi connectivity index (χ1v) is 7.33. The summed E-state index contributed by atoms with van der Waals surface area (Å²) in [5.74, 6) is 1.28. The van der Waals surface area contributed by atoms with Crippen LogP contribution in [0.4, 0.5) is 11.5 Å². The third-order valence-electron chi connectivity index (χ3n) is 2.55. The fourth-order valence-electron chi connectivity index (χ4n) is 1.67. The Morgan fingerprint density at radius 3 is 2.70 bits per heavy atom. The molecule has 20 heavy (non-hydrogen) atoms. The molecule has 0 saturated carbocycles. The van der Waals surface area contributed by atoms with E-state index in [1.807, 2.05) is 55.7 Å². The third kappa shape index (κ3) is 3.84. The van der Waals surface area contributed by atoms with Gasteiger partial charge in [-0.1, -0.05) is 0 Å². The Labute approximate surface area is 123 Å². The van der Waals surface area contributed by atoms with E-state index in [0.29, 0.717) is 18.1 Å². The highest BCUT2D eigenvalue weighted by Crippen LogP contribution is 2.26. The summed E-state index contributed by atoms with van der Waals surface area (Å²) in [7, 11) is 1.97. The molecule has 2 aromatic rings. The minimum absolute atomic E-state index is 0.326. The van der Waals surface area contributed by atoms with E-state index in [1.165, 1.54) is 0 Å². The molecule has 0 spiro atoms. The van der Waals surface area contributed by atoms with Crippen LogP contribution in [-0.4, -0.2) is 22.6 Å². The van der Waals surface area contributed by atoms with E-state index in [-0.39, 0.29) is 5.60 Å². The van der Waals surface area contributed by atoms with Gasteiger partial charge < -0.3 is 15.4 Å². The Morgan fingerprint density at radius 1 is 1.35 bits per heavy atom. The van der Waals surface area contributed by atoms with Gasteiger partial charge in [0.25, 0.3) is 0 Å². The molecule has 2 rings (SSSR count). The Morgan fingerprint density at radius 2 is 2.10 bits per heavy atom. The van der Waals surface area contributed by atoms with E-state index >= 15 is 0 Å². The number of ether oxygens (including phenoxy) is 1. The maximum absolute atomic E-state index is 5.92. The highest BCUT2D eigenvalue weighted by Gasteiger charge is 2.16. The predicted molar refractivity (Wildman–Crippen MR) is 83.3 cm³/mol. The number of nitrogens with two attached hydrogens (primary N) is 1. The number of nitrogens with zero attached hydrogens (tertiary/aromatic N) is 3. The predicted octanol–water partition coefficient (Wildman–Crippen LogP) is 2.93. The monoisotopic (exact) mass is 292 g/mol. The van der Waals surface area contributed by atoms with Crippen molar-refractivity contribution in [2.75, 3.05) is 17.7 Å². The molecule has 108 valence electrons. The van der Waals surface area contributed by atoms with Crippen molar-refractivity contribution in [3.05, 3.63) is 28.7 Å². The summed E-state index contributed by atoms with van der Waals surface area (Å²) in [6.45, 7) is 6.62. The molecule has 2 N–H and O–H groups in total. The molecule has 0 radical (unpaired) electrons. The summed E-state index contributed by atoms with van der Waals surface area (Å²) >= 11 is 1.59. The number of rotatable bonds is 4. The zero-order chi connectivity index (χ0) is 14.8. The normalized spacial score (nSPS) is 11.4. The molecule has 0 saturated heterocycles. The van der Waals surface area contributed by atoms with Crippen LogP contribution >= 0.6 is 11.3 Å². The van der Waals surface area contributed by atoms with Crippen LogP contribution in [0, 0.1) is 0 Å². The van der Waals surface area contributed by atoms with Crippen molar-refractivity contribution in [2.45, 2.75) is 32.9 Å². The van der Waals surface area contributed by atoms with E-state index in [4.69, 9.17) is 10.5 Å². The molecule has 2 heterocycles. The largest absolute Gasteiger partial charge is 0.470 e. The number of nitrogen functional groups attached to an aromatic ring is 1. The summed E-state index contributed by atoms with van der Waals surface area (Å²) in [6, 6.07) is 3.71. The number of hydrogen-bond donors (Lipinski definition) is 1. The molecule has 0 bridgehead atoms. The second-order valence-electron chi connectivity index (χ2n) is 5.61. The Balaban J connectivity index is 2.18. The van der Waals surface area contributed by atoms with Gasteiger partial charge >= 0.3 is 0 Å². The zero-order valence-electron chi connectivity index (χ0n) is 12.3. The maximum atomic E-state index is 5.92. The van der Waals surface area contributed by atoms with Crippen molar-refractivity contribution < 1.29 is 4.74 Å². The van der Waals surface area contributed by atoms with Crippen LogP contribution in [0.3, 0.4) is 0 Å². The van der Waals surface area contributed by atoms with Crippen molar-refractivity contribution >= 4 is 22.8 Å². The van der Waals surface area contributed by atoms with Gasteiger partial charge in [0, 0.05) is 12.4 Å². The van der Waals surface area contributed by atoms with Crippen molar-refractivity contribution in [3.63, 3.8) is 0 Å². The molecule has 0 aliphatic carbocycles. The number of thiazole rings is 1. The third-order valence-corrected chi connectivity index (χ3v) is 3.19. The van der Waals surface area contributed by atoms with Crippen LogP contribution in [0.25, 0.3) is 0 Å². The Bertz CT molecular complexity index is 563. The molecule has 0 atom stereocenters. The molecule has 0 aliphatic heterocycles. The first-order valence-electron chi connectivity index (χ1n) is 6.39. The highest BCUT2D eigenvalue weighted by molar-refractivity contribution is 7.07. The van der Waals surface area contributed by atoms with E-state index in [2.05, 4.69) is 9.97 Å². The fourth-order valence-corrected chi connectivity index (χ4v) is 2.22. The lowest BCUT2D eigenvalue weighted by Crippen LogP contribution is -2.25. The first kappa shape index (κ1) is 14.6. The summed E-state index contributed by atoms with van der Waals surface area (Å²) in [6.07, 6.45) is 0. The molecule has 0 fully saturated rings. The molecule has 0 unspecified atom stereocenters. The lowest BCUT2D eigenvalue weighted by Gasteiger charge is -2.23. The van der Waals surface area contributed by atoms with Crippen LogP contribution in [0.15, 0.2) is 23.0 Å². The van der Waals surface area contributed by atoms with Crippen LogP contribution in [-0.2, 0) is 6.54 Å². The second-order valence-corrected chi connectivity index (χ2v) is 6.33. The van der Waals surface area contributed by atoms with Gasteiger partial charge in [0.1, 0.15) is 11.4 Å². The lowest BCUT2D eigenvalue weighted by atomic mass is 10.2. The van der Waals surface area contributed by atoms with Gasteiger partial charge in [0.05, 0.1) is 23.4 Å². The molecule has 6 heteroatoms. The quantitative estimate of drug-likeness (QED) is 0.938. The Hall–Kier alpha value is -1.82. The number of anilines is 2. The van der Waals surface area contributed by atoms with Crippen LogP contribution in [0.1, 0.15) is 26.5 Å². The van der Waals surface area contributed by atoms with Crippen molar-refractivity contribution in [2.24, 2.45) is 0 Å². The molecule has 0 aliphatic rings. The first-order chi connectivity index (χ1) is 9.35. The molecule has 0 amide bonds. The highest BCUT2D eigenvalue weighted by atomic mass is 32.1. The topological polar surface area (TPSA) is 64.3 Å². The van der Waals surface area contributed by atoms with Gasteiger partial charge in [-0.3, -0.25) is 0 Å². The van der Waals surface area contributed by atoms with Crippen LogP contribution in [0.5, 0.6) is 5.88 Å². The minimum atomic E-state index is -0.326. The number of aromatic nitrogens is 2. The zero-order valence-corrected chi connectivity index (χ0v) is 13.1. The van der Waals surface area contributed by atoms with Gasteiger partial charge in [-0.15, -0.1) is 11.3 Å². The van der Waals surface area contributed by atoms with Crippen molar-refractivity contribution in [1.82, 2.24) is 9.97 Å². The van der Waals surface area contributed by atoms with Crippen LogP contribution < -0.4 is 15.4 Å². The maximum Gasteiger partial charge on any atom is 0.239 e. The number of pyridine rings is 1. The molecular weight excluding hydrogens is 272 g/mol. The smallest absolute Gasteiger partial charge is 0.239 e. The average molecular weight is 292 g/mol. The van der Waals surface area contributed by atoms with E-state index in [1.54, 1.807) is 11.3 Å². The summed E-state index contributed by atoms with van der Waals surface area (Å²) in [5.41, 5.74) is 8.99.